The largest absolute Gasteiger partial charge is 0.457 e. The molecule has 2 heterocycles. The molecule has 0 radical (unpaired) electrons. The van der Waals surface area contributed by atoms with Gasteiger partial charge >= 0.3 is 5.97 Å². The molecule has 3 aromatic rings. The monoisotopic (exact) mass is 360 g/mol. The fourth-order valence-electron chi connectivity index (χ4n) is 2.91. The van der Waals surface area contributed by atoms with E-state index in [-0.39, 0.29) is 17.3 Å². The van der Waals surface area contributed by atoms with Crippen LogP contribution in [0.2, 0.25) is 0 Å². The maximum atomic E-state index is 12.7. The number of carbonyl (C=O) groups excluding carboxylic acids is 2. The number of Topliss-reactive ketones (excluding diaryl/α,β-unsaturated/α-hetero) is 1. The first-order valence-electron chi connectivity index (χ1n) is 8.44. The highest BCUT2D eigenvalue weighted by Gasteiger charge is 2.30. The van der Waals surface area contributed by atoms with Crippen LogP contribution in [0.25, 0.3) is 6.08 Å². The second kappa shape index (κ2) is 6.61. The van der Waals surface area contributed by atoms with Gasteiger partial charge in [-0.15, -0.1) is 0 Å². The molecule has 5 nitrogen and oxygen atoms in total. The van der Waals surface area contributed by atoms with Crippen molar-refractivity contribution in [3.63, 3.8) is 0 Å². The number of furan rings is 1. The van der Waals surface area contributed by atoms with Gasteiger partial charge in [0.25, 0.3) is 0 Å². The van der Waals surface area contributed by atoms with Crippen LogP contribution in [0, 0.1) is 13.8 Å². The second-order valence-corrected chi connectivity index (χ2v) is 6.23. The van der Waals surface area contributed by atoms with E-state index in [0.717, 1.165) is 11.1 Å². The Morgan fingerprint density at radius 2 is 1.85 bits per heavy atom. The number of benzene rings is 2. The standard InChI is InChI=1S/C22H16O5/c1-13-6-3-4-7-15(13)12-19-20(23)16-9-10-17(14(2)21(16)26-19)27-22(24)18-8-5-11-25-18/h3-12H,1-2H3/b19-12-. The lowest BCUT2D eigenvalue weighted by Crippen LogP contribution is -2.08. The Bertz CT molecular complexity index is 1070. The van der Waals surface area contributed by atoms with Crippen LogP contribution in [-0.4, -0.2) is 11.8 Å². The van der Waals surface area contributed by atoms with Gasteiger partial charge in [-0.05, 0) is 55.3 Å². The van der Waals surface area contributed by atoms with Crippen molar-refractivity contribution in [3.05, 3.63) is 88.6 Å². The van der Waals surface area contributed by atoms with Gasteiger partial charge in [-0.2, -0.15) is 0 Å². The summed E-state index contributed by atoms with van der Waals surface area (Å²) < 4.78 is 16.2. The van der Waals surface area contributed by atoms with Crippen LogP contribution in [0.3, 0.4) is 0 Å². The molecule has 2 aromatic carbocycles. The van der Waals surface area contributed by atoms with E-state index in [1.54, 1.807) is 31.2 Å². The van der Waals surface area contributed by atoms with E-state index in [2.05, 4.69) is 0 Å². The van der Waals surface area contributed by atoms with Gasteiger partial charge in [-0.25, -0.2) is 4.79 Å². The van der Waals surface area contributed by atoms with Crippen LogP contribution in [0.5, 0.6) is 11.5 Å². The number of ether oxygens (including phenoxy) is 2. The van der Waals surface area contributed by atoms with E-state index in [0.29, 0.717) is 22.6 Å². The molecule has 0 aliphatic carbocycles. The summed E-state index contributed by atoms with van der Waals surface area (Å²) in [6, 6.07) is 14.1. The average molecular weight is 360 g/mol. The van der Waals surface area contributed by atoms with E-state index in [9.17, 15) is 9.59 Å². The highest BCUT2D eigenvalue weighted by molar-refractivity contribution is 6.15. The summed E-state index contributed by atoms with van der Waals surface area (Å²) in [4.78, 5) is 24.8. The van der Waals surface area contributed by atoms with Gasteiger partial charge in [-0.3, -0.25) is 4.79 Å². The third-order valence-electron chi connectivity index (χ3n) is 4.44. The smallest absolute Gasteiger partial charge is 0.379 e. The number of esters is 1. The lowest BCUT2D eigenvalue weighted by atomic mass is 10.0. The van der Waals surface area contributed by atoms with Crippen molar-refractivity contribution in [1.29, 1.82) is 0 Å². The van der Waals surface area contributed by atoms with E-state index in [1.165, 1.54) is 12.3 Å². The van der Waals surface area contributed by atoms with Crippen molar-refractivity contribution in [2.75, 3.05) is 0 Å². The topological polar surface area (TPSA) is 65.7 Å². The van der Waals surface area contributed by atoms with E-state index >= 15 is 0 Å². The highest BCUT2D eigenvalue weighted by atomic mass is 16.5. The zero-order valence-corrected chi connectivity index (χ0v) is 14.8. The molecule has 0 spiro atoms. The Balaban J connectivity index is 1.65. The van der Waals surface area contributed by atoms with E-state index in [1.807, 2.05) is 31.2 Å². The molecule has 4 rings (SSSR count). The summed E-state index contributed by atoms with van der Waals surface area (Å²) in [5, 5.41) is 0. The highest BCUT2D eigenvalue weighted by Crippen LogP contribution is 2.39. The molecular weight excluding hydrogens is 344 g/mol. The Morgan fingerprint density at radius 1 is 1.04 bits per heavy atom. The summed E-state index contributed by atoms with van der Waals surface area (Å²) in [6.07, 6.45) is 3.13. The predicted octanol–water partition coefficient (Wildman–Crippen LogP) is 4.73. The van der Waals surface area contributed by atoms with Gasteiger partial charge in [0, 0.05) is 5.56 Å². The molecule has 0 bridgehead atoms. The lowest BCUT2D eigenvalue weighted by molar-refractivity contribution is 0.0700. The molecule has 1 aliphatic heterocycles. The first-order valence-corrected chi connectivity index (χ1v) is 8.44. The summed E-state index contributed by atoms with van der Waals surface area (Å²) in [6.45, 7) is 3.71. The number of fused-ring (bicyclic) bond motifs is 1. The SMILES string of the molecule is Cc1ccccc1/C=C1\Oc2c(ccc(OC(=O)c3ccco3)c2C)C1=O. The Hall–Kier alpha value is -3.60. The van der Waals surface area contributed by atoms with Gasteiger partial charge in [-0.1, -0.05) is 24.3 Å². The molecule has 1 aromatic heterocycles. The third kappa shape index (κ3) is 3.04. The van der Waals surface area contributed by atoms with Crippen LogP contribution in [0.1, 0.15) is 37.6 Å². The first kappa shape index (κ1) is 16.8. The molecule has 0 N–H and O–H groups in total. The number of ketones is 1. The Morgan fingerprint density at radius 3 is 2.59 bits per heavy atom. The summed E-state index contributed by atoms with van der Waals surface area (Å²) in [5.41, 5.74) is 2.98. The van der Waals surface area contributed by atoms with Crippen molar-refractivity contribution < 1.29 is 23.5 Å². The van der Waals surface area contributed by atoms with Crippen LogP contribution in [0.4, 0.5) is 0 Å². The number of carbonyl (C=O) groups is 2. The Labute approximate surface area is 155 Å². The minimum absolute atomic E-state index is 0.104. The molecule has 0 amide bonds. The lowest BCUT2D eigenvalue weighted by Gasteiger charge is -2.09. The number of rotatable bonds is 3. The van der Waals surface area contributed by atoms with Crippen molar-refractivity contribution in [2.24, 2.45) is 0 Å². The minimum Gasteiger partial charge on any atom is -0.457 e. The van der Waals surface area contributed by atoms with Crippen molar-refractivity contribution >= 4 is 17.8 Å². The van der Waals surface area contributed by atoms with Gasteiger partial charge < -0.3 is 13.9 Å². The molecule has 5 heteroatoms. The molecule has 1 aliphatic rings. The maximum absolute atomic E-state index is 12.7. The zero-order valence-electron chi connectivity index (χ0n) is 14.8. The predicted molar refractivity (Wildman–Crippen MR) is 99.0 cm³/mol. The number of aryl methyl sites for hydroxylation is 1. The summed E-state index contributed by atoms with van der Waals surface area (Å²) >= 11 is 0. The zero-order chi connectivity index (χ0) is 19.0. The van der Waals surface area contributed by atoms with Crippen LogP contribution >= 0.6 is 0 Å². The van der Waals surface area contributed by atoms with Crippen molar-refractivity contribution in [2.45, 2.75) is 13.8 Å². The van der Waals surface area contributed by atoms with Gasteiger partial charge in [0.1, 0.15) is 11.5 Å². The fourth-order valence-corrected chi connectivity index (χ4v) is 2.91. The second-order valence-electron chi connectivity index (χ2n) is 6.23. The summed E-state index contributed by atoms with van der Waals surface area (Å²) in [7, 11) is 0. The van der Waals surface area contributed by atoms with Crippen LogP contribution < -0.4 is 9.47 Å². The fraction of sp³-hybridized carbons (Fsp3) is 0.0909. The normalized spacial score (nSPS) is 14.1. The molecule has 0 atom stereocenters. The molecule has 0 saturated heterocycles. The molecule has 27 heavy (non-hydrogen) atoms. The van der Waals surface area contributed by atoms with Crippen molar-refractivity contribution in [1.82, 2.24) is 0 Å². The number of hydrogen-bond donors (Lipinski definition) is 0. The molecule has 0 unspecified atom stereocenters. The van der Waals surface area contributed by atoms with E-state index < -0.39 is 5.97 Å². The molecular formula is C22H16O5. The first-order chi connectivity index (χ1) is 13.0. The van der Waals surface area contributed by atoms with Crippen molar-refractivity contribution in [3.8, 4) is 11.5 Å². The maximum Gasteiger partial charge on any atom is 0.379 e. The average Bonchev–Trinajstić information content (AvgIpc) is 3.29. The third-order valence-corrected chi connectivity index (χ3v) is 4.44. The van der Waals surface area contributed by atoms with Gasteiger partial charge in [0.05, 0.1) is 11.8 Å². The van der Waals surface area contributed by atoms with Gasteiger partial charge in [0.15, 0.2) is 5.76 Å². The molecule has 0 fully saturated rings. The Kier molecular flexibility index (Phi) is 4.12. The quantitative estimate of drug-likeness (QED) is 0.384. The van der Waals surface area contributed by atoms with E-state index in [4.69, 9.17) is 13.9 Å². The number of allylic oxidation sites excluding steroid dienone is 1. The molecule has 134 valence electrons. The number of hydrogen-bond acceptors (Lipinski definition) is 5. The minimum atomic E-state index is -0.608. The summed E-state index contributed by atoms with van der Waals surface area (Å²) in [5.74, 6) is 0.275. The van der Waals surface area contributed by atoms with Crippen LogP contribution in [-0.2, 0) is 0 Å². The van der Waals surface area contributed by atoms with Crippen LogP contribution in [0.15, 0.2) is 65.0 Å². The van der Waals surface area contributed by atoms with Gasteiger partial charge in [0.2, 0.25) is 11.5 Å². The molecule has 0 saturated carbocycles.